The second-order valence-corrected chi connectivity index (χ2v) is 20.9. The summed E-state index contributed by atoms with van der Waals surface area (Å²) in [6, 6.07) is 0. The van der Waals surface area contributed by atoms with E-state index in [2.05, 4.69) is 130 Å². The summed E-state index contributed by atoms with van der Waals surface area (Å²) >= 11 is 0. The maximum absolute atomic E-state index is 12.9. The zero-order valence-electron chi connectivity index (χ0n) is 49.7. The van der Waals surface area contributed by atoms with Crippen LogP contribution in [0.2, 0.25) is 0 Å². The average Bonchev–Trinajstić information content (AvgIpc) is 3.42. The molecule has 0 aliphatic rings. The van der Waals surface area contributed by atoms with E-state index in [1.165, 1.54) is 122 Å². The smallest absolute Gasteiger partial charge is 0.306 e. The molecule has 0 rings (SSSR count). The van der Waals surface area contributed by atoms with Gasteiger partial charge in [0.2, 0.25) is 0 Å². The Morgan fingerprint density at radius 3 is 0.842 bits per heavy atom. The van der Waals surface area contributed by atoms with Gasteiger partial charge in [-0.1, -0.05) is 265 Å². The number of carbonyl (C=O) groups excluding carboxylic acids is 3. The van der Waals surface area contributed by atoms with Crippen LogP contribution in [-0.4, -0.2) is 37.2 Å². The van der Waals surface area contributed by atoms with Crippen LogP contribution in [0.3, 0.4) is 0 Å². The van der Waals surface area contributed by atoms with Crippen LogP contribution in [-0.2, 0) is 28.6 Å². The fraction of sp³-hybridized carbons (Fsp3) is 0.700. The molecule has 76 heavy (non-hydrogen) atoms. The minimum Gasteiger partial charge on any atom is -0.462 e. The van der Waals surface area contributed by atoms with Gasteiger partial charge in [-0.15, -0.1) is 0 Å². The predicted octanol–water partition coefficient (Wildman–Crippen LogP) is 21.8. The molecular formula is C70H118O6. The molecule has 0 heterocycles. The summed E-state index contributed by atoms with van der Waals surface area (Å²) in [5.74, 6) is -0.915. The lowest BCUT2D eigenvalue weighted by Crippen LogP contribution is -2.30. The Balaban J connectivity index is 4.40. The Labute approximate surface area is 470 Å². The lowest BCUT2D eigenvalue weighted by atomic mass is 10.1. The fourth-order valence-corrected chi connectivity index (χ4v) is 8.69. The van der Waals surface area contributed by atoms with Crippen LogP contribution in [0.1, 0.15) is 297 Å². The first-order valence-electron chi connectivity index (χ1n) is 31.9. The summed E-state index contributed by atoms with van der Waals surface area (Å²) in [6.07, 6.45) is 86.5. The van der Waals surface area contributed by atoms with Gasteiger partial charge in [0.05, 0.1) is 0 Å². The number of rotatable bonds is 57. The highest BCUT2D eigenvalue weighted by atomic mass is 16.6. The maximum Gasteiger partial charge on any atom is 0.306 e. The van der Waals surface area contributed by atoms with Crippen LogP contribution in [0.25, 0.3) is 0 Å². The summed E-state index contributed by atoms with van der Waals surface area (Å²) in [7, 11) is 0. The molecule has 0 aromatic carbocycles. The van der Waals surface area contributed by atoms with E-state index in [9.17, 15) is 14.4 Å². The normalized spacial score (nSPS) is 12.8. The van der Waals surface area contributed by atoms with Gasteiger partial charge in [0, 0.05) is 19.3 Å². The number of hydrogen-bond donors (Lipinski definition) is 0. The lowest BCUT2D eigenvalue weighted by molar-refractivity contribution is -0.167. The van der Waals surface area contributed by atoms with Crippen LogP contribution < -0.4 is 0 Å². The Morgan fingerprint density at radius 1 is 0.276 bits per heavy atom. The Bertz CT molecular complexity index is 1540. The standard InChI is InChI=1S/C70H118O6/c1-4-7-10-13-16-19-22-25-28-30-32-34-35-37-38-40-42-45-48-51-54-57-60-63-69(72)75-66-67(65-74-68(71)62-59-56-53-50-47-44-27-24-21-18-15-12-9-6-3)76-70(73)64-61-58-55-52-49-46-43-41-39-36-33-31-29-26-23-20-17-14-11-8-5-2/h7,10,15-16,18-19,23-28,31-34,39,41,67H,4-6,8-9,11-14,17,20-22,29-30,35-38,40,42-66H2,1-3H3/b10-7-,18-15-,19-16-,26-23-,27-24-,28-25-,33-31-,34-32-,41-39-. The molecule has 0 saturated heterocycles. The van der Waals surface area contributed by atoms with Crippen LogP contribution in [0, 0.1) is 0 Å². The van der Waals surface area contributed by atoms with Crippen LogP contribution in [0.4, 0.5) is 0 Å². The summed E-state index contributed by atoms with van der Waals surface area (Å²) in [6.45, 7) is 6.47. The van der Waals surface area contributed by atoms with E-state index >= 15 is 0 Å². The predicted molar refractivity (Wildman–Crippen MR) is 330 cm³/mol. The van der Waals surface area contributed by atoms with Crippen molar-refractivity contribution >= 4 is 17.9 Å². The summed E-state index contributed by atoms with van der Waals surface area (Å²) in [5, 5.41) is 0. The number of allylic oxidation sites excluding steroid dienone is 18. The van der Waals surface area contributed by atoms with Crippen LogP contribution in [0.15, 0.2) is 109 Å². The Morgan fingerprint density at radius 2 is 0.526 bits per heavy atom. The molecule has 0 aliphatic carbocycles. The molecule has 0 fully saturated rings. The zero-order chi connectivity index (χ0) is 55.0. The quantitative estimate of drug-likeness (QED) is 0.0261. The lowest BCUT2D eigenvalue weighted by Gasteiger charge is -2.18. The first-order valence-corrected chi connectivity index (χ1v) is 31.9. The van der Waals surface area contributed by atoms with Crippen molar-refractivity contribution < 1.29 is 28.6 Å². The molecule has 6 nitrogen and oxygen atoms in total. The summed E-state index contributed by atoms with van der Waals surface area (Å²) < 4.78 is 16.9. The van der Waals surface area contributed by atoms with Gasteiger partial charge >= 0.3 is 17.9 Å². The Hall–Kier alpha value is -3.93. The fourth-order valence-electron chi connectivity index (χ4n) is 8.69. The van der Waals surface area contributed by atoms with Crippen molar-refractivity contribution in [3.05, 3.63) is 109 Å². The van der Waals surface area contributed by atoms with Crippen LogP contribution >= 0.6 is 0 Å². The highest BCUT2D eigenvalue weighted by Gasteiger charge is 2.19. The largest absolute Gasteiger partial charge is 0.462 e. The minimum absolute atomic E-state index is 0.0910. The van der Waals surface area contributed by atoms with E-state index in [-0.39, 0.29) is 31.1 Å². The van der Waals surface area contributed by atoms with Crippen molar-refractivity contribution in [3.8, 4) is 0 Å². The van der Waals surface area contributed by atoms with Gasteiger partial charge in [0.15, 0.2) is 6.10 Å². The molecule has 0 aromatic heterocycles. The average molecular weight is 1060 g/mol. The van der Waals surface area contributed by atoms with E-state index in [1.807, 2.05) is 0 Å². The van der Waals surface area contributed by atoms with Crippen molar-refractivity contribution in [2.45, 2.75) is 303 Å². The van der Waals surface area contributed by atoms with Gasteiger partial charge in [-0.25, -0.2) is 0 Å². The number of unbranched alkanes of at least 4 members (excludes halogenated alkanes) is 28. The highest BCUT2D eigenvalue weighted by molar-refractivity contribution is 5.71. The van der Waals surface area contributed by atoms with Gasteiger partial charge < -0.3 is 14.2 Å². The molecule has 0 N–H and O–H groups in total. The van der Waals surface area contributed by atoms with Gasteiger partial charge in [0.1, 0.15) is 13.2 Å². The first kappa shape index (κ1) is 72.1. The van der Waals surface area contributed by atoms with Crippen LogP contribution in [0.5, 0.6) is 0 Å². The number of esters is 3. The monoisotopic (exact) mass is 1050 g/mol. The zero-order valence-corrected chi connectivity index (χ0v) is 49.7. The third kappa shape index (κ3) is 60.9. The van der Waals surface area contributed by atoms with E-state index < -0.39 is 6.10 Å². The van der Waals surface area contributed by atoms with E-state index in [0.717, 1.165) is 135 Å². The summed E-state index contributed by atoms with van der Waals surface area (Å²) in [4.78, 5) is 38.3. The van der Waals surface area contributed by atoms with Gasteiger partial charge in [-0.3, -0.25) is 14.4 Å². The van der Waals surface area contributed by atoms with E-state index in [1.54, 1.807) is 0 Å². The van der Waals surface area contributed by atoms with Crippen molar-refractivity contribution in [1.82, 2.24) is 0 Å². The number of carbonyl (C=O) groups is 3. The van der Waals surface area contributed by atoms with Gasteiger partial charge in [0.25, 0.3) is 0 Å². The number of hydrogen-bond acceptors (Lipinski definition) is 6. The molecule has 0 bridgehead atoms. The molecular weight excluding hydrogens is 937 g/mol. The minimum atomic E-state index is -0.796. The molecule has 0 aromatic rings. The van der Waals surface area contributed by atoms with E-state index in [0.29, 0.717) is 19.3 Å². The molecule has 0 amide bonds. The summed E-state index contributed by atoms with van der Waals surface area (Å²) in [5.41, 5.74) is 0. The molecule has 1 unspecified atom stereocenters. The van der Waals surface area contributed by atoms with Gasteiger partial charge in [-0.05, 0) is 122 Å². The van der Waals surface area contributed by atoms with Gasteiger partial charge in [-0.2, -0.15) is 0 Å². The topological polar surface area (TPSA) is 78.9 Å². The molecule has 0 spiro atoms. The maximum atomic E-state index is 12.9. The van der Waals surface area contributed by atoms with Crippen molar-refractivity contribution in [3.63, 3.8) is 0 Å². The molecule has 434 valence electrons. The second-order valence-electron chi connectivity index (χ2n) is 20.9. The third-order valence-corrected chi connectivity index (χ3v) is 13.5. The first-order chi connectivity index (χ1) is 37.5. The highest BCUT2D eigenvalue weighted by Crippen LogP contribution is 2.15. The van der Waals surface area contributed by atoms with E-state index in [4.69, 9.17) is 14.2 Å². The SMILES string of the molecule is CC/C=C\C/C=C\C/C=C\C/C=C\CCCCCCCCCCCCC(=O)OCC(COC(=O)CCCCCCC/C=C\C/C=C\CCCC)OC(=O)CCCCCCCC/C=C\C/C=C\C/C=C\CCCCCCC. The number of ether oxygens (including phenoxy) is 3. The van der Waals surface area contributed by atoms with Crippen molar-refractivity contribution in [2.24, 2.45) is 0 Å². The molecule has 0 saturated carbocycles. The Kier molecular flexibility index (Phi) is 60.3. The van der Waals surface area contributed by atoms with Crippen molar-refractivity contribution in [1.29, 1.82) is 0 Å². The third-order valence-electron chi connectivity index (χ3n) is 13.5. The molecule has 0 aliphatic heterocycles. The molecule has 0 radical (unpaired) electrons. The molecule has 1 atom stereocenters. The van der Waals surface area contributed by atoms with Crippen molar-refractivity contribution in [2.75, 3.05) is 13.2 Å². The molecule has 6 heteroatoms. The second kappa shape index (κ2) is 63.6.